The van der Waals surface area contributed by atoms with Gasteiger partial charge in [-0.05, 0) is 11.5 Å². The number of rotatable bonds is 10. The van der Waals surface area contributed by atoms with Crippen molar-refractivity contribution in [3.8, 4) is 0 Å². The fraction of sp³-hybridized carbons (Fsp3) is 0.909. The summed E-state index contributed by atoms with van der Waals surface area (Å²) in [6.45, 7) is 0. The number of thioether (sulfide) groups is 1. The highest BCUT2D eigenvalue weighted by Crippen LogP contribution is 2.60. The molecule has 1 nitrogen and oxygen atoms in total. The Balaban J connectivity index is 5.67. The van der Waals surface area contributed by atoms with Crippen LogP contribution < -0.4 is 0 Å². The van der Waals surface area contributed by atoms with Crippen molar-refractivity contribution in [3.05, 3.63) is 0 Å². The van der Waals surface area contributed by atoms with Crippen LogP contribution in [0.1, 0.15) is 12.8 Å². The van der Waals surface area contributed by atoms with Crippen molar-refractivity contribution in [2.45, 2.75) is 48.6 Å². The topological polar surface area (TPSA) is 17.1 Å². The first kappa shape index (κ1) is 25.1. The summed E-state index contributed by atoms with van der Waals surface area (Å²) < 4.78 is 166. The molecule has 0 aliphatic heterocycles. The number of aldehydes is 1. The molecule has 0 heterocycles. The summed E-state index contributed by atoms with van der Waals surface area (Å²) in [5.74, 6) is -37.9. The van der Waals surface area contributed by atoms with Crippen LogP contribution >= 0.6 is 11.8 Å². The summed E-state index contributed by atoms with van der Waals surface area (Å²) in [6, 6.07) is 0. The number of halogens is 13. The molecule has 0 aromatic heterocycles. The second-order valence-corrected chi connectivity index (χ2v) is 6.04. The Bertz CT molecular complexity index is 485. The van der Waals surface area contributed by atoms with Crippen LogP contribution in [0.25, 0.3) is 0 Å². The minimum Gasteiger partial charge on any atom is -0.303 e. The summed E-state index contributed by atoms with van der Waals surface area (Å²) in [5, 5.41) is 0. The molecule has 0 aliphatic carbocycles. The Morgan fingerprint density at radius 2 is 1.04 bits per heavy atom. The second-order valence-electron chi connectivity index (χ2n) is 4.82. The molecule has 15 heteroatoms. The van der Waals surface area contributed by atoms with Gasteiger partial charge in [-0.15, -0.1) is 0 Å². The quantitative estimate of drug-likeness (QED) is 0.258. The Hall–Kier alpha value is -0.890. The van der Waals surface area contributed by atoms with Crippen LogP contribution in [-0.4, -0.2) is 53.6 Å². The van der Waals surface area contributed by atoms with E-state index < -0.39 is 48.0 Å². The van der Waals surface area contributed by atoms with E-state index in [0.29, 0.717) is 11.8 Å². The molecule has 0 rings (SSSR count). The first-order valence-electron chi connectivity index (χ1n) is 6.28. The second kappa shape index (κ2) is 7.62. The van der Waals surface area contributed by atoms with E-state index in [9.17, 15) is 61.9 Å². The Morgan fingerprint density at radius 3 is 1.42 bits per heavy atom. The van der Waals surface area contributed by atoms with Crippen molar-refractivity contribution in [1.29, 1.82) is 0 Å². The number of hydrogen-bond acceptors (Lipinski definition) is 2. The van der Waals surface area contributed by atoms with Gasteiger partial charge < -0.3 is 4.79 Å². The Labute approximate surface area is 141 Å². The van der Waals surface area contributed by atoms with E-state index in [1.807, 2.05) is 0 Å². The molecule has 0 aliphatic rings. The van der Waals surface area contributed by atoms with Crippen molar-refractivity contribution < 1.29 is 61.9 Å². The molecule has 0 saturated carbocycles. The molecule has 0 radical (unpaired) electrons. The molecular weight excluding hydrogens is 427 g/mol. The third kappa shape index (κ3) is 4.16. The molecule has 156 valence electrons. The molecule has 0 atom stereocenters. The Morgan fingerprint density at radius 1 is 0.615 bits per heavy atom. The fourth-order valence-electron chi connectivity index (χ4n) is 1.39. The average Bonchev–Trinajstić information content (AvgIpc) is 2.44. The lowest BCUT2D eigenvalue weighted by Gasteiger charge is -2.39. The molecule has 0 N–H and O–H groups in total. The van der Waals surface area contributed by atoms with Crippen LogP contribution in [-0.2, 0) is 4.79 Å². The number of carbonyl (C=O) groups is 1. The SMILES string of the molecule is O=CCCSCCC(F)(F)C(F)(F)C(F)(F)C(F)(F)C(F)(F)C(F)(F)F. The maximum Gasteiger partial charge on any atom is 0.460 e. The highest BCUT2D eigenvalue weighted by Gasteiger charge is 2.90. The molecule has 26 heavy (non-hydrogen) atoms. The minimum atomic E-state index is -7.87. The minimum absolute atomic E-state index is 0.232. The zero-order chi connectivity index (χ0) is 21.2. The molecule has 0 spiro atoms. The normalized spacial score (nSPS) is 15.3. The monoisotopic (exact) mass is 436 g/mol. The molecule has 0 amide bonds. The average molecular weight is 436 g/mol. The van der Waals surface area contributed by atoms with Gasteiger partial charge in [0.2, 0.25) is 0 Å². The van der Waals surface area contributed by atoms with Gasteiger partial charge in [0, 0.05) is 12.8 Å². The fourth-order valence-corrected chi connectivity index (χ4v) is 2.26. The standard InChI is InChI=1S/C11H9F13OS/c12-6(13,2-5-26-4-1-3-25)7(14,15)8(16,17)9(18,19)10(20,21)11(22,23)24/h3H,1-2,4-5H2. The van der Waals surface area contributed by atoms with Crippen molar-refractivity contribution in [2.24, 2.45) is 0 Å². The van der Waals surface area contributed by atoms with Crippen LogP contribution in [0, 0.1) is 0 Å². The van der Waals surface area contributed by atoms with E-state index in [1.54, 1.807) is 0 Å². The molecular formula is C11H9F13OS. The molecule has 0 unspecified atom stereocenters. The molecule has 0 saturated heterocycles. The van der Waals surface area contributed by atoms with Gasteiger partial charge in [0.05, 0.1) is 0 Å². The van der Waals surface area contributed by atoms with E-state index >= 15 is 0 Å². The van der Waals surface area contributed by atoms with Gasteiger partial charge in [-0.3, -0.25) is 0 Å². The van der Waals surface area contributed by atoms with Gasteiger partial charge in [-0.2, -0.15) is 68.8 Å². The lowest BCUT2D eigenvalue weighted by molar-refractivity contribution is -0.439. The van der Waals surface area contributed by atoms with Crippen LogP contribution in [0.5, 0.6) is 0 Å². The van der Waals surface area contributed by atoms with Crippen molar-refractivity contribution >= 4 is 18.0 Å². The van der Waals surface area contributed by atoms with Crippen molar-refractivity contribution in [3.63, 3.8) is 0 Å². The van der Waals surface area contributed by atoms with Gasteiger partial charge in [0.25, 0.3) is 0 Å². The predicted molar refractivity (Wildman–Crippen MR) is 63.4 cm³/mol. The first-order chi connectivity index (χ1) is 11.3. The summed E-state index contributed by atoms with van der Waals surface area (Å²) in [6.07, 6.45) is -9.62. The molecule has 0 fully saturated rings. The number of hydrogen-bond donors (Lipinski definition) is 0. The van der Waals surface area contributed by atoms with Crippen LogP contribution in [0.2, 0.25) is 0 Å². The van der Waals surface area contributed by atoms with Crippen molar-refractivity contribution in [1.82, 2.24) is 0 Å². The van der Waals surface area contributed by atoms with Gasteiger partial charge in [-0.25, -0.2) is 0 Å². The molecule has 0 aromatic rings. The molecule has 0 aromatic carbocycles. The van der Waals surface area contributed by atoms with E-state index in [4.69, 9.17) is 0 Å². The lowest BCUT2D eigenvalue weighted by Crippen LogP contribution is -2.70. The largest absolute Gasteiger partial charge is 0.460 e. The lowest BCUT2D eigenvalue weighted by atomic mass is 9.93. The van der Waals surface area contributed by atoms with Crippen molar-refractivity contribution in [2.75, 3.05) is 11.5 Å². The highest BCUT2D eigenvalue weighted by molar-refractivity contribution is 7.99. The smallest absolute Gasteiger partial charge is 0.303 e. The predicted octanol–water partition coefficient (Wildman–Crippen LogP) is 5.44. The number of alkyl halides is 13. The van der Waals surface area contributed by atoms with Gasteiger partial charge >= 0.3 is 35.8 Å². The summed E-state index contributed by atoms with van der Waals surface area (Å²) in [4.78, 5) is 9.91. The van der Waals surface area contributed by atoms with E-state index in [0.717, 1.165) is 0 Å². The third-order valence-corrected chi connectivity index (χ3v) is 3.96. The van der Waals surface area contributed by atoms with E-state index in [2.05, 4.69) is 0 Å². The zero-order valence-electron chi connectivity index (χ0n) is 12.1. The summed E-state index contributed by atoms with van der Waals surface area (Å²) >= 11 is 0.344. The molecule has 0 bridgehead atoms. The van der Waals surface area contributed by atoms with Gasteiger partial charge in [0.15, 0.2) is 0 Å². The van der Waals surface area contributed by atoms with Crippen LogP contribution in [0.3, 0.4) is 0 Å². The maximum atomic E-state index is 13.2. The number of carbonyl (C=O) groups excluding carboxylic acids is 1. The van der Waals surface area contributed by atoms with Gasteiger partial charge in [0.1, 0.15) is 6.29 Å². The van der Waals surface area contributed by atoms with Gasteiger partial charge in [-0.1, -0.05) is 0 Å². The first-order valence-corrected chi connectivity index (χ1v) is 7.44. The Kier molecular flexibility index (Phi) is 7.36. The highest BCUT2D eigenvalue weighted by atomic mass is 32.2. The van der Waals surface area contributed by atoms with E-state index in [1.165, 1.54) is 0 Å². The summed E-state index contributed by atoms with van der Waals surface area (Å²) in [7, 11) is 0. The van der Waals surface area contributed by atoms with Crippen LogP contribution in [0.15, 0.2) is 0 Å². The summed E-state index contributed by atoms with van der Waals surface area (Å²) in [5.41, 5.74) is 0. The van der Waals surface area contributed by atoms with E-state index in [-0.39, 0.29) is 18.5 Å². The third-order valence-electron chi connectivity index (χ3n) is 2.94. The zero-order valence-corrected chi connectivity index (χ0v) is 13.0. The van der Waals surface area contributed by atoms with Crippen LogP contribution in [0.4, 0.5) is 57.1 Å². The maximum absolute atomic E-state index is 13.2.